The van der Waals surface area contributed by atoms with Crippen molar-refractivity contribution in [2.75, 3.05) is 0 Å². The minimum absolute atomic E-state index is 0.103. The van der Waals surface area contributed by atoms with Gasteiger partial charge >= 0.3 is 0 Å². The van der Waals surface area contributed by atoms with Crippen LogP contribution in [0.4, 0.5) is 5.69 Å². The summed E-state index contributed by atoms with van der Waals surface area (Å²) in [6.45, 7) is 1.79. The van der Waals surface area contributed by atoms with Gasteiger partial charge < -0.3 is 10.2 Å². The Morgan fingerprint density at radius 1 is 1.12 bits per heavy atom. The number of hydrogen-bond donors (Lipinski definition) is 1. The van der Waals surface area contributed by atoms with Crippen molar-refractivity contribution in [1.82, 2.24) is 10.2 Å². The van der Waals surface area contributed by atoms with Crippen molar-refractivity contribution in [3.8, 4) is 0 Å². The first-order valence-electron chi connectivity index (χ1n) is 11.0. The molecule has 0 spiro atoms. The second-order valence-electron chi connectivity index (χ2n) is 8.35. The van der Waals surface area contributed by atoms with Gasteiger partial charge in [0.15, 0.2) is 0 Å². The van der Waals surface area contributed by atoms with Gasteiger partial charge in [-0.3, -0.25) is 19.7 Å². The lowest BCUT2D eigenvalue weighted by Crippen LogP contribution is -2.50. The summed E-state index contributed by atoms with van der Waals surface area (Å²) < 4.78 is 0. The van der Waals surface area contributed by atoms with E-state index in [2.05, 4.69) is 5.32 Å². The molecule has 0 aromatic heterocycles. The molecule has 1 N–H and O–H groups in total. The number of nitrogens with zero attached hydrogens (tertiary/aromatic N) is 2. The minimum atomic E-state index is -0.767. The molecule has 2 aromatic rings. The third kappa shape index (κ3) is 6.68. The maximum atomic E-state index is 13.3. The molecule has 0 radical (unpaired) electrons. The van der Waals surface area contributed by atoms with Crippen LogP contribution in [0.2, 0.25) is 10.0 Å². The Bertz CT molecular complexity index is 1020. The zero-order valence-electron chi connectivity index (χ0n) is 18.4. The standard InChI is InChI=1S/C24H27Cl2N3O4/c1-16(24(31)27-19-8-3-2-4-9-19)28(15-17-11-12-20(25)21(26)13-17)23(30)14-18-7-5-6-10-22(18)29(32)33/h5-7,10-13,16,19H,2-4,8-9,14-15H2,1H3,(H,27,31)/t16-/m0/s1. The van der Waals surface area contributed by atoms with E-state index >= 15 is 0 Å². The molecule has 2 amide bonds. The number of amides is 2. The number of para-hydroxylation sites is 1. The Morgan fingerprint density at radius 3 is 2.48 bits per heavy atom. The summed E-state index contributed by atoms with van der Waals surface area (Å²) in [4.78, 5) is 38.7. The summed E-state index contributed by atoms with van der Waals surface area (Å²) in [5.41, 5.74) is 0.879. The number of halogens is 2. The quantitative estimate of drug-likeness (QED) is 0.399. The van der Waals surface area contributed by atoms with Crippen LogP contribution in [0.25, 0.3) is 0 Å². The monoisotopic (exact) mass is 491 g/mol. The van der Waals surface area contributed by atoms with Gasteiger partial charge in [-0.05, 0) is 37.5 Å². The number of rotatable bonds is 8. The second kappa shape index (κ2) is 11.5. The van der Waals surface area contributed by atoms with E-state index in [-0.39, 0.29) is 36.5 Å². The van der Waals surface area contributed by atoms with E-state index in [1.54, 1.807) is 43.3 Å². The van der Waals surface area contributed by atoms with Gasteiger partial charge in [-0.25, -0.2) is 0 Å². The van der Waals surface area contributed by atoms with E-state index in [1.165, 1.54) is 17.4 Å². The fourth-order valence-corrected chi connectivity index (χ4v) is 4.41. The molecule has 3 rings (SSSR count). The second-order valence-corrected chi connectivity index (χ2v) is 9.17. The first-order chi connectivity index (χ1) is 15.8. The summed E-state index contributed by atoms with van der Waals surface area (Å²) in [7, 11) is 0. The molecule has 1 atom stereocenters. The van der Waals surface area contributed by atoms with Crippen LogP contribution in [0, 0.1) is 10.1 Å². The number of nitrogens with one attached hydrogen (secondary N) is 1. The van der Waals surface area contributed by atoms with Crippen LogP contribution in [0.5, 0.6) is 0 Å². The Balaban J connectivity index is 1.83. The first-order valence-corrected chi connectivity index (χ1v) is 11.8. The summed E-state index contributed by atoms with van der Waals surface area (Å²) in [6.07, 6.45) is 4.97. The molecular weight excluding hydrogens is 465 g/mol. The summed E-state index contributed by atoms with van der Waals surface area (Å²) in [5, 5.41) is 15.2. The topological polar surface area (TPSA) is 92.6 Å². The normalized spacial score (nSPS) is 15.0. The van der Waals surface area contributed by atoms with Crippen LogP contribution in [0.1, 0.15) is 50.2 Å². The average molecular weight is 492 g/mol. The fraction of sp³-hybridized carbons (Fsp3) is 0.417. The van der Waals surface area contributed by atoms with E-state index in [0.29, 0.717) is 21.2 Å². The van der Waals surface area contributed by atoms with E-state index in [0.717, 1.165) is 25.7 Å². The predicted octanol–water partition coefficient (Wildman–Crippen LogP) is 5.31. The molecule has 9 heteroatoms. The smallest absolute Gasteiger partial charge is 0.273 e. The predicted molar refractivity (Wildman–Crippen MR) is 128 cm³/mol. The minimum Gasteiger partial charge on any atom is -0.352 e. The Morgan fingerprint density at radius 2 is 1.82 bits per heavy atom. The molecule has 1 saturated carbocycles. The Kier molecular flexibility index (Phi) is 8.69. The SMILES string of the molecule is C[C@@H](C(=O)NC1CCCCC1)N(Cc1ccc(Cl)c(Cl)c1)C(=O)Cc1ccccc1[N+](=O)[O-]. The highest BCUT2D eigenvalue weighted by molar-refractivity contribution is 6.42. The molecule has 0 unspecified atom stereocenters. The average Bonchev–Trinajstić information content (AvgIpc) is 2.80. The summed E-state index contributed by atoms with van der Waals surface area (Å²) in [6, 6.07) is 10.5. The first kappa shape index (κ1) is 25.0. The molecule has 1 aliphatic carbocycles. The van der Waals surface area contributed by atoms with Crippen LogP contribution in [-0.4, -0.2) is 33.7 Å². The lowest BCUT2D eigenvalue weighted by molar-refractivity contribution is -0.385. The number of benzene rings is 2. The van der Waals surface area contributed by atoms with Crippen molar-refractivity contribution in [3.63, 3.8) is 0 Å². The van der Waals surface area contributed by atoms with Crippen LogP contribution in [0.15, 0.2) is 42.5 Å². The van der Waals surface area contributed by atoms with Gasteiger partial charge in [0.2, 0.25) is 11.8 Å². The van der Waals surface area contributed by atoms with Crippen molar-refractivity contribution < 1.29 is 14.5 Å². The molecule has 176 valence electrons. The molecule has 2 aromatic carbocycles. The van der Waals surface area contributed by atoms with Crippen LogP contribution in [-0.2, 0) is 22.6 Å². The number of nitro groups is 1. The molecular formula is C24H27Cl2N3O4. The van der Waals surface area contributed by atoms with Crippen molar-refractivity contribution in [3.05, 3.63) is 73.8 Å². The van der Waals surface area contributed by atoms with Crippen molar-refractivity contribution in [2.24, 2.45) is 0 Å². The summed E-state index contributed by atoms with van der Waals surface area (Å²) >= 11 is 12.2. The largest absolute Gasteiger partial charge is 0.352 e. The van der Waals surface area contributed by atoms with Crippen LogP contribution in [0.3, 0.4) is 0 Å². The highest BCUT2D eigenvalue weighted by Gasteiger charge is 2.29. The van der Waals surface area contributed by atoms with Gasteiger partial charge in [0.25, 0.3) is 5.69 Å². The maximum absolute atomic E-state index is 13.3. The van der Waals surface area contributed by atoms with E-state index in [1.807, 2.05) is 0 Å². The third-order valence-electron chi connectivity index (χ3n) is 5.99. The molecule has 1 aliphatic rings. The van der Waals surface area contributed by atoms with E-state index < -0.39 is 11.0 Å². The third-order valence-corrected chi connectivity index (χ3v) is 6.72. The van der Waals surface area contributed by atoms with Crippen molar-refractivity contribution in [2.45, 2.75) is 64.1 Å². The van der Waals surface area contributed by atoms with Crippen molar-refractivity contribution >= 4 is 40.7 Å². The lowest BCUT2D eigenvalue weighted by atomic mass is 9.95. The van der Waals surface area contributed by atoms with E-state index in [4.69, 9.17) is 23.2 Å². The highest BCUT2D eigenvalue weighted by atomic mass is 35.5. The summed E-state index contributed by atoms with van der Waals surface area (Å²) in [5.74, 6) is -0.625. The number of carbonyl (C=O) groups excluding carboxylic acids is 2. The molecule has 0 heterocycles. The van der Waals surface area contributed by atoms with Gasteiger partial charge in [-0.2, -0.15) is 0 Å². The molecule has 0 saturated heterocycles. The molecule has 33 heavy (non-hydrogen) atoms. The Labute approximate surface area is 203 Å². The number of hydrogen-bond acceptors (Lipinski definition) is 4. The zero-order valence-corrected chi connectivity index (χ0v) is 19.9. The van der Waals surface area contributed by atoms with Crippen LogP contribution < -0.4 is 5.32 Å². The lowest BCUT2D eigenvalue weighted by Gasteiger charge is -2.31. The molecule has 0 aliphatic heterocycles. The maximum Gasteiger partial charge on any atom is 0.273 e. The van der Waals surface area contributed by atoms with Crippen LogP contribution >= 0.6 is 23.2 Å². The molecule has 1 fully saturated rings. The fourth-order valence-electron chi connectivity index (χ4n) is 4.09. The van der Waals surface area contributed by atoms with Gasteiger partial charge in [-0.1, -0.05) is 66.7 Å². The van der Waals surface area contributed by atoms with Gasteiger partial charge in [0.1, 0.15) is 6.04 Å². The Hall–Kier alpha value is -2.64. The zero-order chi connectivity index (χ0) is 24.0. The number of nitro benzene ring substituents is 1. The van der Waals surface area contributed by atoms with Crippen molar-refractivity contribution in [1.29, 1.82) is 0 Å². The van der Waals surface area contributed by atoms with Gasteiger partial charge in [0.05, 0.1) is 21.4 Å². The molecule has 7 nitrogen and oxygen atoms in total. The van der Waals surface area contributed by atoms with Gasteiger partial charge in [0, 0.05) is 24.2 Å². The van der Waals surface area contributed by atoms with E-state index in [9.17, 15) is 19.7 Å². The molecule has 0 bridgehead atoms. The highest BCUT2D eigenvalue weighted by Crippen LogP contribution is 2.25. The van der Waals surface area contributed by atoms with Gasteiger partial charge in [-0.15, -0.1) is 0 Å². The number of carbonyl (C=O) groups is 2.